The van der Waals surface area contributed by atoms with E-state index in [4.69, 9.17) is 18.6 Å². The van der Waals surface area contributed by atoms with Crippen LogP contribution < -0.4 is 10.4 Å². The topological polar surface area (TPSA) is 78.3 Å². The summed E-state index contributed by atoms with van der Waals surface area (Å²) in [7, 11) is 1.55. The van der Waals surface area contributed by atoms with Crippen molar-refractivity contribution in [2.75, 3.05) is 13.7 Å². The van der Waals surface area contributed by atoms with E-state index in [2.05, 4.69) is 6.58 Å². The Hall–Kier alpha value is -2.60. The van der Waals surface area contributed by atoms with Gasteiger partial charge in [-0.15, -0.1) is 0 Å². The molecule has 6 heteroatoms. The lowest BCUT2D eigenvalue weighted by Crippen LogP contribution is -2.12. The minimum atomic E-state index is -0.439. The van der Waals surface area contributed by atoms with Crippen LogP contribution in [-0.2, 0) is 14.3 Å². The van der Waals surface area contributed by atoms with Crippen LogP contribution in [0.5, 0.6) is 5.75 Å². The molecule has 0 radical (unpaired) electrons. The minimum absolute atomic E-state index is 0.101. The molecular formula is C20H22O6. The Labute approximate surface area is 151 Å². The molecule has 0 aliphatic carbocycles. The lowest BCUT2D eigenvalue weighted by atomic mass is 10.0. The van der Waals surface area contributed by atoms with Crippen LogP contribution in [-0.4, -0.2) is 25.8 Å². The van der Waals surface area contributed by atoms with E-state index in [1.807, 2.05) is 26.0 Å². The molecule has 26 heavy (non-hydrogen) atoms. The second-order valence-corrected chi connectivity index (χ2v) is 6.75. The Bertz CT molecular complexity index is 895. The van der Waals surface area contributed by atoms with E-state index in [0.29, 0.717) is 28.9 Å². The number of carbonyl (C=O) groups excluding carboxylic acids is 1. The Morgan fingerprint density at radius 3 is 2.69 bits per heavy atom. The van der Waals surface area contributed by atoms with Crippen LogP contribution in [0.3, 0.4) is 0 Å². The second-order valence-electron chi connectivity index (χ2n) is 6.75. The number of rotatable bonds is 7. The highest BCUT2D eigenvalue weighted by atomic mass is 16.6. The van der Waals surface area contributed by atoms with Gasteiger partial charge in [0.1, 0.15) is 30.1 Å². The van der Waals surface area contributed by atoms with Crippen molar-refractivity contribution in [1.29, 1.82) is 0 Å². The fourth-order valence-electron chi connectivity index (χ4n) is 2.87. The predicted octanol–water partition coefficient (Wildman–Crippen LogP) is 3.39. The Morgan fingerprint density at radius 1 is 1.27 bits per heavy atom. The number of fused-ring (bicyclic) bond motifs is 1. The molecule has 0 amide bonds. The van der Waals surface area contributed by atoms with Crippen molar-refractivity contribution in [1.82, 2.24) is 0 Å². The van der Waals surface area contributed by atoms with Crippen LogP contribution in [0.2, 0.25) is 0 Å². The highest BCUT2D eigenvalue weighted by molar-refractivity contribution is 5.83. The summed E-state index contributed by atoms with van der Waals surface area (Å²) in [4.78, 5) is 23.3. The van der Waals surface area contributed by atoms with Gasteiger partial charge in [-0.1, -0.05) is 20.4 Å². The molecule has 2 atom stereocenters. The molecule has 3 rings (SSSR count). The molecule has 2 unspecified atom stereocenters. The van der Waals surface area contributed by atoms with Gasteiger partial charge in [0.05, 0.1) is 12.7 Å². The van der Waals surface area contributed by atoms with E-state index in [9.17, 15) is 9.59 Å². The molecule has 2 heterocycles. The van der Waals surface area contributed by atoms with Crippen LogP contribution >= 0.6 is 0 Å². The van der Waals surface area contributed by atoms with Gasteiger partial charge in [0.2, 0.25) is 0 Å². The van der Waals surface area contributed by atoms with Gasteiger partial charge in [-0.25, -0.2) is 4.79 Å². The van der Waals surface area contributed by atoms with E-state index in [1.54, 1.807) is 13.2 Å². The van der Waals surface area contributed by atoms with Crippen molar-refractivity contribution in [2.24, 2.45) is 5.92 Å². The SMILES string of the molecule is C=C(COC(=O)CC(C)C)C1OC1c1c(OC)ccc2ccc(=O)oc12. The molecule has 0 N–H and O–H groups in total. The summed E-state index contributed by atoms with van der Waals surface area (Å²) in [6.45, 7) is 7.97. The van der Waals surface area contributed by atoms with Crippen LogP contribution in [0.4, 0.5) is 0 Å². The van der Waals surface area contributed by atoms with E-state index in [0.717, 1.165) is 5.39 Å². The van der Waals surface area contributed by atoms with Crippen molar-refractivity contribution in [3.8, 4) is 5.75 Å². The molecule has 0 saturated carbocycles. The van der Waals surface area contributed by atoms with Gasteiger partial charge in [0.15, 0.2) is 0 Å². The summed E-state index contributed by atoms with van der Waals surface area (Å²) in [6.07, 6.45) is -0.299. The molecule has 1 saturated heterocycles. The average Bonchev–Trinajstić information content (AvgIpc) is 3.38. The maximum Gasteiger partial charge on any atom is 0.336 e. The third-order valence-electron chi connectivity index (χ3n) is 4.18. The number of benzene rings is 1. The largest absolute Gasteiger partial charge is 0.496 e. The molecule has 1 aliphatic heterocycles. The first-order chi connectivity index (χ1) is 12.4. The van der Waals surface area contributed by atoms with Gasteiger partial charge < -0.3 is 18.6 Å². The molecule has 1 aliphatic rings. The van der Waals surface area contributed by atoms with Crippen molar-refractivity contribution in [3.05, 3.63) is 52.4 Å². The smallest absolute Gasteiger partial charge is 0.336 e. The summed E-state index contributed by atoms with van der Waals surface area (Å²) < 4.78 is 21.8. The fourth-order valence-corrected chi connectivity index (χ4v) is 2.87. The fraction of sp³-hybridized carbons (Fsp3) is 0.400. The zero-order valence-electron chi connectivity index (χ0n) is 15.1. The van der Waals surface area contributed by atoms with E-state index < -0.39 is 5.63 Å². The summed E-state index contributed by atoms with van der Waals surface area (Å²) >= 11 is 0. The first-order valence-corrected chi connectivity index (χ1v) is 8.50. The molecule has 1 aromatic heterocycles. The van der Waals surface area contributed by atoms with Crippen molar-refractivity contribution in [2.45, 2.75) is 32.5 Å². The van der Waals surface area contributed by atoms with E-state index in [1.165, 1.54) is 6.07 Å². The summed E-state index contributed by atoms with van der Waals surface area (Å²) in [5.41, 5.74) is 1.33. The minimum Gasteiger partial charge on any atom is -0.496 e. The molecule has 1 aromatic carbocycles. The number of hydrogen-bond acceptors (Lipinski definition) is 6. The molecule has 2 aromatic rings. The van der Waals surface area contributed by atoms with Gasteiger partial charge in [-0.3, -0.25) is 4.79 Å². The summed E-state index contributed by atoms with van der Waals surface area (Å²) in [5.74, 6) is 0.555. The van der Waals surface area contributed by atoms with Gasteiger partial charge >= 0.3 is 11.6 Å². The van der Waals surface area contributed by atoms with Gasteiger partial charge in [0, 0.05) is 17.9 Å². The quantitative estimate of drug-likeness (QED) is 0.327. The highest BCUT2D eigenvalue weighted by Crippen LogP contribution is 2.48. The first-order valence-electron chi connectivity index (χ1n) is 8.50. The predicted molar refractivity (Wildman–Crippen MR) is 96.2 cm³/mol. The normalized spacial score (nSPS) is 18.8. The van der Waals surface area contributed by atoms with Crippen LogP contribution in [0.15, 0.2) is 45.6 Å². The number of epoxide rings is 1. The Morgan fingerprint density at radius 2 is 2.00 bits per heavy atom. The summed E-state index contributed by atoms with van der Waals surface area (Å²) in [6, 6.07) is 6.70. The molecule has 0 spiro atoms. The molecule has 0 bridgehead atoms. The van der Waals surface area contributed by atoms with Crippen LogP contribution in [0.25, 0.3) is 11.0 Å². The van der Waals surface area contributed by atoms with Crippen LogP contribution in [0.1, 0.15) is 31.9 Å². The van der Waals surface area contributed by atoms with Gasteiger partial charge in [0.25, 0.3) is 0 Å². The third kappa shape index (κ3) is 3.80. The molecular weight excluding hydrogens is 336 g/mol. The van der Waals surface area contributed by atoms with Gasteiger partial charge in [-0.05, 0) is 29.7 Å². The number of methoxy groups -OCH3 is 1. The van der Waals surface area contributed by atoms with Crippen molar-refractivity contribution in [3.63, 3.8) is 0 Å². The molecule has 6 nitrogen and oxygen atoms in total. The monoisotopic (exact) mass is 358 g/mol. The zero-order chi connectivity index (χ0) is 18.8. The first kappa shape index (κ1) is 18.2. The number of carbonyl (C=O) groups is 1. The lowest BCUT2D eigenvalue weighted by molar-refractivity contribution is -0.143. The summed E-state index contributed by atoms with van der Waals surface area (Å²) in [5, 5.41) is 0.781. The van der Waals surface area contributed by atoms with E-state index in [-0.39, 0.29) is 30.7 Å². The van der Waals surface area contributed by atoms with Crippen LogP contribution in [0, 0.1) is 5.92 Å². The average molecular weight is 358 g/mol. The second kappa shape index (κ2) is 7.33. The number of esters is 1. The standard InChI is InChI=1S/C20H22O6/c1-11(2)9-16(22)24-10-12(3)18-20(26-18)17-14(23-4)7-5-13-6-8-15(21)25-19(13)17/h5-8,11,18,20H,3,9-10H2,1-2,4H3. The Kier molecular flexibility index (Phi) is 5.13. The van der Waals surface area contributed by atoms with Gasteiger partial charge in [-0.2, -0.15) is 0 Å². The molecule has 138 valence electrons. The molecule has 1 fully saturated rings. The zero-order valence-corrected chi connectivity index (χ0v) is 15.1. The maximum atomic E-state index is 11.7. The highest BCUT2D eigenvalue weighted by Gasteiger charge is 2.45. The number of hydrogen-bond donors (Lipinski definition) is 0. The Balaban J connectivity index is 1.77. The van der Waals surface area contributed by atoms with Crippen molar-refractivity contribution < 1.29 is 23.4 Å². The third-order valence-corrected chi connectivity index (χ3v) is 4.18. The van der Waals surface area contributed by atoms with E-state index >= 15 is 0 Å². The number of ether oxygens (including phenoxy) is 3. The lowest BCUT2D eigenvalue weighted by Gasteiger charge is -2.10. The van der Waals surface area contributed by atoms with Crippen molar-refractivity contribution >= 4 is 16.9 Å². The maximum absolute atomic E-state index is 11.7.